The summed E-state index contributed by atoms with van der Waals surface area (Å²) < 4.78 is 5.46. The van der Waals surface area contributed by atoms with Gasteiger partial charge in [0.25, 0.3) is 0 Å². The summed E-state index contributed by atoms with van der Waals surface area (Å²) in [6.07, 6.45) is 4.00. The summed E-state index contributed by atoms with van der Waals surface area (Å²) in [5.74, 6) is 0.742. The van der Waals surface area contributed by atoms with E-state index in [0.29, 0.717) is 11.2 Å². The van der Waals surface area contributed by atoms with Crippen molar-refractivity contribution in [2.24, 2.45) is 11.3 Å². The van der Waals surface area contributed by atoms with Crippen molar-refractivity contribution in [3.63, 3.8) is 0 Å². The topological polar surface area (TPSA) is 29.5 Å². The molecule has 3 nitrogen and oxygen atoms in total. The quantitative estimate of drug-likeness (QED) is 0.739. The zero-order chi connectivity index (χ0) is 12.3. The Morgan fingerprint density at radius 2 is 2.18 bits per heavy atom. The Balaban J connectivity index is 1.89. The van der Waals surface area contributed by atoms with Crippen molar-refractivity contribution in [3.05, 3.63) is 0 Å². The number of ether oxygens (including phenoxy) is 1. The van der Waals surface area contributed by atoms with Gasteiger partial charge < -0.3 is 9.64 Å². The first-order valence-electron chi connectivity index (χ1n) is 6.90. The molecule has 0 amide bonds. The van der Waals surface area contributed by atoms with Gasteiger partial charge in [-0.1, -0.05) is 13.8 Å². The second kappa shape index (κ2) is 5.49. The van der Waals surface area contributed by atoms with E-state index in [2.05, 4.69) is 18.7 Å². The number of nitrogens with zero attached hydrogens (tertiary/aromatic N) is 1. The van der Waals surface area contributed by atoms with E-state index < -0.39 is 0 Å². The van der Waals surface area contributed by atoms with Gasteiger partial charge in [-0.25, -0.2) is 0 Å². The van der Waals surface area contributed by atoms with Gasteiger partial charge in [0.2, 0.25) is 0 Å². The highest BCUT2D eigenvalue weighted by atomic mass is 16.5. The van der Waals surface area contributed by atoms with Crippen LogP contribution in [0.3, 0.4) is 0 Å². The maximum atomic E-state index is 12.0. The molecule has 0 aromatic rings. The third-order valence-electron chi connectivity index (χ3n) is 4.10. The van der Waals surface area contributed by atoms with E-state index in [0.717, 1.165) is 58.5 Å². The molecule has 0 bridgehead atoms. The lowest BCUT2D eigenvalue weighted by molar-refractivity contribution is -0.127. The summed E-state index contributed by atoms with van der Waals surface area (Å²) in [5.41, 5.74) is 0.348. The van der Waals surface area contributed by atoms with Crippen molar-refractivity contribution in [1.82, 2.24) is 4.90 Å². The predicted octanol–water partition coefficient (Wildman–Crippen LogP) is 2.10. The Morgan fingerprint density at radius 1 is 1.35 bits per heavy atom. The molecular formula is C14H25NO2. The van der Waals surface area contributed by atoms with Crippen LogP contribution in [0.2, 0.25) is 0 Å². The Bertz CT molecular complexity index is 267. The number of Topliss-reactive ketones (excluding diaryl/α,β-unsaturated/α-hetero) is 1. The molecule has 0 N–H and O–H groups in total. The minimum absolute atomic E-state index is 0.261. The largest absolute Gasteiger partial charge is 0.380 e. The third-order valence-corrected chi connectivity index (χ3v) is 4.10. The highest BCUT2D eigenvalue weighted by Gasteiger charge is 2.34. The van der Waals surface area contributed by atoms with Crippen molar-refractivity contribution >= 4 is 5.78 Å². The molecule has 0 spiro atoms. The third kappa shape index (κ3) is 3.78. The van der Waals surface area contributed by atoms with E-state index in [1.807, 2.05) is 0 Å². The first-order chi connectivity index (χ1) is 8.07. The summed E-state index contributed by atoms with van der Waals surface area (Å²) in [7, 11) is 0. The molecule has 0 aromatic heterocycles. The number of ketones is 1. The summed E-state index contributed by atoms with van der Waals surface area (Å²) in [4.78, 5) is 14.4. The molecule has 98 valence electrons. The van der Waals surface area contributed by atoms with Crippen molar-refractivity contribution < 1.29 is 9.53 Å². The Kier molecular flexibility index (Phi) is 4.21. The van der Waals surface area contributed by atoms with Crippen LogP contribution >= 0.6 is 0 Å². The monoisotopic (exact) mass is 239 g/mol. The highest BCUT2D eigenvalue weighted by molar-refractivity contribution is 5.82. The van der Waals surface area contributed by atoms with Gasteiger partial charge in [-0.2, -0.15) is 0 Å². The second-order valence-corrected chi connectivity index (χ2v) is 6.30. The number of hydrogen-bond donors (Lipinski definition) is 0. The van der Waals surface area contributed by atoms with E-state index in [-0.39, 0.29) is 5.92 Å². The summed E-state index contributed by atoms with van der Waals surface area (Å²) in [6.45, 7) is 9.31. The van der Waals surface area contributed by atoms with Crippen molar-refractivity contribution in [1.29, 1.82) is 0 Å². The van der Waals surface area contributed by atoms with Crippen LogP contribution < -0.4 is 0 Å². The first kappa shape index (κ1) is 13.0. The zero-order valence-corrected chi connectivity index (χ0v) is 11.2. The summed E-state index contributed by atoms with van der Waals surface area (Å²) in [5, 5.41) is 0. The fourth-order valence-corrected chi connectivity index (χ4v) is 3.01. The smallest absolute Gasteiger partial charge is 0.137 e. The van der Waals surface area contributed by atoms with Gasteiger partial charge >= 0.3 is 0 Å². The fraction of sp³-hybridized carbons (Fsp3) is 0.929. The van der Waals surface area contributed by atoms with Crippen LogP contribution in [0.5, 0.6) is 0 Å². The lowest BCUT2D eigenvalue weighted by Gasteiger charge is -2.36. The van der Waals surface area contributed by atoms with Crippen molar-refractivity contribution in [2.75, 3.05) is 32.8 Å². The van der Waals surface area contributed by atoms with E-state index in [1.54, 1.807) is 0 Å². The van der Waals surface area contributed by atoms with Crippen LogP contribution in [0.1, 0.15) is 39.5 Å². The van der Waals surface area contributed by atoms with Crippen LogP contribution in [-0.2, 0) is 9.53 Å². The zero-order valence-electron chi connectivity index (χ0n) is 11.2. The van der Waals surface area contributed by atoms with Crippen LogP contribution in [0.15, 0.2) is 0 Å². The fourth-order valence-electron chi connectivity index (χ4n) is 3.01. The number of carbonyl (C=O) groups is 1. The van der Waals surface area contributed by atoms with Crippen LogP contribution in [0.25, 0.3) is 0 Å². The molecule has 3 heteroatoms. The van der Waals surface area contributed by atoms with Crippen LogP contribution in [0, 0.1) is 11.3 Å². The maximum Gasteiger partial charge on any atom is 0.137 e. The van der Waals surface area contributed by atoms with Crippen molar-refractivity contribution in [3.8, 4) is 0 Å². The average molecular weight is 239 g/mol. The standard InChI is InChI=1S/C14H25NO2/c1-14(2)5-4-13(16)12(10-14)11-15-6-3-8-17-9-7-15/h12H,3-11H2,1-2H3. The molecule has 1 unspecified atom stereocenters. The normalized spacial score (nSPS) is 31.2. The van der Waals surface area contributed by atoms with Gasteiger partial charge in [0.05, 0.1) is 6.61 Å². The molecule has 1 aliphatic heterocycles. The minimum Gasteiger partial charge on any atom is -0.380 e. The molecule has 17 heavy (non-hydrogen) atoms. The molecule has 2 aliphatic rings. The molecule has 1 aliphatic carbocycles. The van der Waals surface area contributed by atoms with Gasteiger partial charge in [-0.15, -0.1) is 0 Å². The molecule has 0 aromatic carbocycles. The first-order valence-corrected chi connectivity index (χ1v) is 6.90. The lowest BCUT2D eigenvalue weighted by Crippen LogP contribution is -2.39. The number of carbonyl (C=O) groups excluding carboxylic acids is 1. The predicted molar refractivity (Wildman–Crippen MR) is 68.0 cm³/mol. The van der Waals surface area contributed by atoms with E-state index in [1.165, 1.54) is 0 Å². The SMILES string of the molecule is CC1(C)CCC(=O)C(CN2CCCOCC2)C1. The Labute approximate surface area is 105 Å². The van der Waals surface area contributed by atoms with Crippen LogP contribution in [-0.4, -0.2) is 43.5 Å². The van der Waals surface area contributed by atoms with Gasteiger partial charge in [0.1, 0.15) is 5.78 Å². The Hall–Kier alpha value is -0.410. The van der Waals surface area contributed by atoms with Crippen molar-refractivity contribution in [2.45, 2.75) is 39.5 Å². The van der Waals surface area contributed by atoms with Gasteiger partial charge in [0.15, 0.2) is 0 Å². The molecule has 1 saturated carbocycles. The second-order valence-electron chi connectivity index (χ2n) is 6.30. The highest BCUT2D eigenvalue weighted by Crippen LogP contribution is 2.37. The summed E-state index contributed by atoms with van der Waals surface area (Å²) >= 11 is 0. The lowest BCUT2D eigenvalue weighted by atomic mass is 9.71. The molecule has 0 radical (unpaired) electrons. The van der Waals surface area contributed by atoms with Gasteiger partial charge in [0, 0.05) is 38.6 Å². The molecular weight excluding hydrogens is 214 g/mol. The summed E-state index contributed by atoms with van der Waals surface area (Å²) in [6, 6.07) is 0. The Morgan fingerprint density at radius 3 is 3.00 bits per heavy atom. The molecule has 1 atom stereocenters. The van der Waals surface area contributed by atoms with E-state index in [4.69, 9.17) is 4.74 Å². The minimum atomic E-state index is 0.261. The van der Waals surface area contributed by atoms with Gasteiger partial charge in [-0.3, -0.25) is 4.79 Å². The number of hydrogen-bond acceptors (Lipinski definition) is 3. The number of rotatable bonds is 2. The van der Waals surface area contributed by atoms with Crippen LogP contribution in [0.4, 0.5) is 0 Å². The molecule has 1 heterocycles. The average Bonchev–Trinajstić information content (AvgIpc) is 2.52. The van der Waals surface area contributed by atoms with Gasteiger partial charge in [-0.05, 0) is 24.7 Å². The van der Waals surface area contributed by atoms with E-state index in [9.17, 15) is 4.79 Å². The molecule has 1 saturated heterocycles. The van der Waals surface area contributed by atoms with E-state index >= 15 is 0 Å². The molecule has 2 rings (SSSR count). The molecule has 2 fully saturated rings. The maximum absolute atomic E-state index is 12.0.